The van der Waals surface area contributed by atoms with Gasteiger partial charge in [-0.2, -0.15) is 0 Å². The fourth-order valence-corrected chi connectivity index (χ4v) is 2.54. The molecule has 2 N–H and O–H groups in total. The lowest BCUT2D eigenvalue weighted by Crippen LogP contribution is -2.33. The molecule has 0 spiro atoms. The standard InChI is InChI=1S/C20H24N2O6/c1-25-15-7-5-13(9-17(15)27-3)10-19(23)21-12-20(24)22-14-6-8-16(26-2)18(11-14)28-4/h5-9,11H,10,12H2,1-4H3,(H,21,23)(H,22,24). The molecule has 2 rings (SSSR count). The summed E-state index contributed by atoms with van der Waals surface area (Å²) in [7, 11) is 6.11. The second-order valence-electron chi connectivity index (χ2n) is 5.76. The predicted octanol–water partition coefficient (Wildman–Crippen LogP) is 2.02. The quantitative estimate of drug-likeness (QED) is 0.682. The summed E-state index contributed by atoms with van der Waals surface area (Å²) in [5.74, 6) is 1.55. The van der Waals surface area contributed by atoms with E-state index in [2.05, 4.69) is 10.6 Å². The maximum Gasteiger partial charge on any atom is 0.243 e. The van der Waals surface area contributed by atoms with E-state index in [0.717, 1.165) is 5.56 Å². The van der Waals surface area contributed by atoms with E-state index in [1.807, 2.05) is 0 Å². The van der Waals surface area contributed by atoms with Gasteiger partial charge >= 0.3 is 0 Å². The van der Waals surface area contributed by atoms with Crippen molar-refractivity contribution in [2.24, 2.45) is 0 Å². The van der Waals surface area contributed by atoms with Crippen LogP contribution >= 0.6 is 0 Å². The topological polar surface area (TPSA) is 95.1 Å². The molecular weight excluding hydrogens is 364 g/mol. The molecule has 2 aromatic rings. The number of carbonyl (C=O) groups excluding carboxylic acids is 2. The maximum atomic E-state index is 12.1. The SMILES string of the molecule is COc1ccc(CC(=O)NCC(=O)Nc2ccc(OC)c(OC)c2)cc1OC. The van der Waals surface area contributed by atoms with Crippen LogP contribution in [0, 0.1) is 0 Å². The number of hydrogen-bond acceptors (Lipinski definition) is 6. The third-order valence-corrected chi connectivity index (χ3v) is 3.93. The van der Waals surface area contributed by atoms with Crippen LogP contribution in [-0.4, -0.2) is 46.8 Å². The molecule has 8 nitrogen and oxygen atoms in total. The summed E-state index contributed by atoms with van der Waals surface area (Å²) in [6.07, 6.45) is 0.115. The highest BCUT2D eigenvalue weighted by Gasteiger charge is 2.11. The average Bonchev–Trinajstić information content (AvgIpc) is 2.72. The van der Waals surface area contributed by atoms with E-state index in [1.165, 1.54) is 21.3 Å². The number of hydrogen-bond donors (Lipinski definition) is 2. The fourth-order valence-electron chi connectivity index (χ4n) is 2.54. The van der Waals surface area contributed by atoms with Crippen molar-refractivity contribution in [2.75, 3.05) is 40.3 Å². The third kappa shape index (κ3) is 5.54. The highest BCUT2D eigenvalue weighted by molar-refractivity contribution is 5.95. The van der Waals surface area contributed by atoms with Crippen LogP contribution in [0.2, 0.25) is 0 Å². The van der Waals surface area contributed by atoms with Gasteiger partial charge in [-0.3, -0.25) is 9.59 Å². The van der Waals surface area contributed by atoms with Gasteiger partial charge in [-0.25, -0.2) is 0 Å². The second kappa shape index (κ2) is 10.1. The molecule has 2 aromatic carbocycles. The Morgan fingerprint density at radius 3 is 1.93 bits per heavy atom. The van der Waals surface area contributed by atoms with Crippen LogP contribution in [-0.2, 0) is 16.0 Å². The van der Waals surface area contributed by atoms with Gasteiger partial charge in [0.15, 0.2) is 23.0 Å². The lowest BCUT2D eigenvalue weighted by Gasteiger charge is -2.11. The number of anilines is 1. The van der Waals surface area contributed by atoms with E-state index in [9.17, 15) is 9.59 Å². The van der Waals surface area contributed by atoms with Crippen molar-refractivity contribution in [3.63, 3.8) is 0 Å². The second-order valence-corrected chi connectivity index (χ2v) is 5.76. The molecule has 0 atom stereocenters. The van der Waals surface area contributed by atoms with Gasteiger partial charge in [-0.1, -0.05) is 6.07 Å². The van der Waals surface area contributed by atoms with Crippen molar-refractivity contribution in [1.29, 1.82) is 0 Å². The van der Waals surface area contributed by atoms with Gasteiger partial charge in [0, 0.05) is 11.8 Å². The highest BCUT2D eigenvalue weighted by Crippen LogP contribution is 2.29. The molecule has 0 aromatic heterocycles. The van der Waals surface area contributed by atoms with Gasteiger partial charge in [0.1, 0.15) is 0 Å². The van der Waals surface area contributed by atoms with Crippen LogP contribution in [0.15, 0.2) is 36.4 Å². The van der Waals surface area contributed by atoms with Gasteiger partial charge < -0.3 is 29.6 Å². The molecule has 0 aliphatic rings. The largest absolute Gasteiger partial charge is 0.493 e. The molecule has 0 radical (unpaired) electrons. The van der Waals surface area contributed by atoms with Crippen LogP contribution in [0.1, 0.15) is 5.56 Å². The van der Waals surface area contributed by atoms with Gasteiger partial charge in [-0.05, 0) is 29.8 Å². The number of rotatable bonds is 9. The first-order valence-electron chi connectivity index (χ1n) is 8.50. The van der Waals surface area contributed by atoms with Gasteiger partial charge in [0.25, 0.3) is 0 Å². The molecular formula is C20H24N2O6. The van der Waals surface area contributed by atoms with Crippen LogP contribution in [0.25, 0.3) is 0 Å². The van der Waals surface area contributed by atoms with Crippen LogP contribution in [0.5, 0.6) is 23.0 Å². The van der Waals surface area contributed by atoms with Gasteiger partial charge in [0.2, 0.25) is 11.8 Å². The molecule has 0 saturated carbocycles. The summed E-state index contributed by atoms with van der Waals surface area (Å²) in [5, 5.41) is 5.28. The van der Waals surface area contributed by atoms with Gasteiger partial charge in [0.05, 0.1) is 41.4 Å². The smallest absolute Gasteiger partial charge is 0.243 e. The Kier molecular flexibility index (Phi) is 7.50. The van der Waals surface area contributed by atoms with E-state index in [-0.39, 0.29) is 24.8 Å². The molecule has 28 heavy (non-hydrogen) atoms. The Balaban J connectivity index is 1.88. The minimum Gasteiger partial charge on any atom is -0.493 e. The summed E-state index contributed by atoms with van der Waals surface area (Å²) in [4.78, 5) is 24.2. The Hall–Kier alpha value is -3.42. The molecule has 0 unspecified atom stereocenters. The zero-order valence-corrected chi connectivity index (χ0v) is 16.3. The van der Waals surface area contributed by atoms with Gasteiger partial charge in [-0.15, -0.1) is 0 Å². The molecule has 2 amide bonds. The van der Waals surface area contributed by atoms with E-state index in [1.54, 1.807) is 43.5 Å². The fraction of sp³-hybridized carbons (Fsp3) is 0.300. The monoisotopic (exact) mass is 388 g/mol. The summed E-state index contributed by atoms with van der Waals surface area (Å²) < 4.78 is 20.7. The molecule has 0 saturated heterocycles. The van der Waals surface area contributed by atoms with Crippen molar-refractivity contribution in [3.05, 3.63) is 42.0 Å². The van der Waals surface area contributed by atoms with E-state index >= 15 is 0 Å². The zero-order chi connectivity index (χ0) is 20.5. The third-order valence-electron chi connectivity index (χ3n) is 3.93. The van der Waals surface area contributed by atoms with E-state index in [4.69, 9.17) is 18.9 Å². The molecule has 0 bridgehead atoms. The molecule has 0 fully saturated rings. The first-order chi connectivity index (χ1) is 13.5. The van der Waals surface area contributed by atoms with E-state index < -0.39 is 0 Å². The van der Waals surface area contributed by atoms with Crippen LogP contribution in [0.3, 0.4) is 0 Å². The summed E-state index contributed by atoms with van der Waals surface area (Å²) in [6.45, 7) is -0.152. The normalized spacial score (nSPS) is 10.0. The average molecular weight is 388 g/mol. The number of amides is 2. The molecule has 0 heterocycles. The van der Waals surface area contributed by atoms with Crippen molar-refractivity contribution in [2.45, 2.75) is 6.42 Å². The highest BCUT2D eigenvalue weighted by atomic mass is 16.5. The van der Waals surface area contributed by atoms with Crippen LogP contribution < -0.4 is 29.6 Å². The maximum absolute atomic E-state index is 12.1. The lowest BCUT2D eigenvalue weighted by atomic mass is 10.1. The van der Waals surface area contributed by atoms with Crippen molar-refractivity contribution in [1.82, 2.24) is 5.32 Å². The number of methoxy groups -OCH3 is 4. The Bertz CT molecular complexity index is 768. The minimum atomic E-state index is -0.354. The van der Waals surface area contributed by atoms with E-state index in [0.29, 0.717) is 28.7 Å². The summed E-state index contributed by atoms with van der Waals surface area (Å²) >= 11 is 0. The van der Waals surface area contributed by atoms with Crippen LogP contribution in [0.4, 0.5) is 5.69 Å². The number of benzene rings is 2. The van der Waals surface area contributed by atoms with Crippen molar-refractivity contribution < 1.29 is 28.5 Å². The van der Waals surface area contributed by atoms with Crippen molar-refractivity contribution in [3.8, 4) is 23.0 Å². The summed E-state index contributed by atoms with van der Waals surface area (Å²) in [6, 6.07) is 10.2. The Morgan fingerprint density at radius 2 is 1.32 bits per heavy atom. The molecule has 0 aliphatic carbocycles. The number of ether oxygens (including phenoxy) is 4. The Morgan fingerprint density at radius 1 is 0.750 bits per heavy atom. The first kappa shape index (κ1) is 20.9. The summed E-state index contributed by atoms with van der Waals surface area (Å²) in [5.41, 5.74) is 1.28. The number of carbonyl (C=O) groups is 2. The molecule has 8 heteroatoms. The number of nitrogens with one attached hydrogen (secondary N) is 2. The molecule has 0 aliphatic heterocycles. The minimum absolute atomic E-state index is 0.115. The lowest BCUT2D eigenvalue weighted by molar-refractivity contribution is -0.123. The molecule has 150 valence electrons. The predicted molar refractivity (Wildman–Crippen MR) is 104 cm³/mol. The zero-order valence-electron chi connectivity index (χ0n) is 16.3. The van der Waals surface area contributed by atoms with Crippen molar-refractivity contribution >= 4 is 17.5 Å². The Labute approximate surface area is 163 Å². The first-order valence-corrected chi connectivity index (χ1v) is 8.50.